The van der Waals surface area contributed by atoms with E-state index in [0.717, 1.165) is 32.9 Å². The molecule has 5 heterocycles. The van der Waals surface area contributed by atoms with E-state index >= 15 is 0 Å². The molecule has 2 aromatic heterocycles. The first-order valence-electron chi connectivity index (χ1n) is 22.5. The molecule has 1 saturated carbocycles. The first kappa shape index (κ1) is 42.6. The minimum absolute atomic E-state index is 0.0599. The van der Waals surface area contributed by atoms with E-state index < -0.39 is 77.3 Å². The van der Waals surface area contributed by atoms with Crippen LogP contribution in [0.25, 0.3) is 21.8 Å². The summed E-state index contributed by atoms with van der Waals surface area (Å²) in [6.45, 7) is 0.376. The van der Waals surface area contributed by atoms with Crippen molar-refractivity contribution in [3.63, 3.8) is 0 Å². The van der Waals surface area contributed by atoms with Crippen molar-refractivity contribution in [3.05, 3.63) is 102 Å². The minimum atomic E-state index is -1.41. The molecule has 334 valence electrons. The Morgan fingerprint density at radius 1 is 0.641 bits per heavy atom. The van der Waals surface area contributed by atoms with Gasteiger partial charge in [-0.3, -0.25) is 28.8 Å². The molecule has 3 saturated heterocycles. The molecule has 16 heteroatoms. The lowest BCUT2D eigenvalue weighted by Gasteiger charge is -2.35. The van der Waals surface area contributed by atoms with Crippen molar-refractivity contribution < 1.29 is 33.5 Å². The number of nitrogens with one attached hydrogen (secondary N) is 6. The maximum atomic E-state index is 14.9. The highest BCUT2D eigenvalue weighted by Gasteiger charge is 2.49. The maximum Gasteiger partial charge on any atom is 0.246 e. The van der Waals surface area contributed by atoms with E-state index in [0.29, 0.717) is 44.3 Å². The third-order valence-corrected chi connectivity index (χ3v) is 13.5. The van der Waals surface area contributed by atoms with Gasteiger partial charge in [0.05, 0.1) is 6.54 Å². The summed E-state index contributed by atoms with van der Waals surface area (Å²) in [6, 6.07) is 19.0. The van der Waals surface area contributed by atoms with Gasteiger partial charge in [-0.05, 0) is 74.0 Å². The van der Waals surface area contributed by atoms with Crippen LogP contribution in [0.1, 0.15) is 62.5 Å². The molecule has 6 amide bonds. The lowest BCUT2D eigenvalue weighted by Crippen LogP contribution is -2.65. The Morgan fingerprint density at radius 3 is 1.91 bits per heavy atom. The highest BCUT2D eigenvalue weighted by molar-refractivity contribution is 6.00. The van der Waals surface area contributed by atoms with E-state index in [4.69, 9.17) is 10.5 Å². The van der Waals surface area contributed by atoms with Gasteiger partial charge in [0.25, 0.3) is 0 Å². The molecule has 4 aliphatic rings. The van der Waals surface area contributed by atoms with Crippen LogP contribution in [-0.4, -0.2) is 117 Å². The molecule has 16 nitrogen and oxygen atoms in total. The van der Waals surface area contributed by atoms with Crippen LogP contribution >= 0.6 is 0 Å². The van der Waals surface area contributed by atoms with Crippen molar-refractivity contribution >= 4 is 57.2 Å². The number of amides is 6. The van der Waals surface area contributed by atoms with Gasteiger partial charge >= 0.3 is 0 Å². The number of aromatic nitrogens is 2. The number of carbonyl (C=O) groups is 6. The van der Waals surface area contributed by atoms with Gasteiger partial charge < -0.3 is 51.5 Å². The smallest absolute Gasteiger partial charge is 0.246 e. The summed E-state index contributed by atoms with van der Waals surface area (Å²) < 4.78 is 6.33. The monoisotopic (exact) mass is 869 g/mol. The summed E-state index contributed by atoms with van der Waals surface area (Å²) in [7, 11) is 0. The lowest BCUT2D eigenvalue weighted by molar-refractivity contribution is -0.148. The van der Waals surface area contributed by atoms with Gasteiger partial charge in [-0.2, -0.15) is 0 Å². The van der Waals surface area contributed by atoms with Crippen LogP contribution in [0.15, 0.2) is 91.3 Å². The molecule has 5 aromatic rings. The van der Waals surface area contributed by atoms with Crippen molar-refractivity contribution in [2.45, 2.75) is 106 Å². The molecule has 0 radical (unpaired) electrons. The second-order valence-corrected chi connectivity index (χ2v) is 17.6. The highest BCUT2D eigenvalue weighted by Crippen LogP contribution is 2.32. The number of rotatable bonds is 8. The van der Waals surface area contributed by atoms with E-state index in [9.17, 15) is 28.8 Å². The van der Waals surface area contributed by atoms with Crippen LogP contribution in [0.4, 0.5) is 0 Å². The number of nitrogens with zero attached hydrogens (tertiary/aromatic N) is 2. The van der Waals surface area contributed by atoms with Gasteiger partial charge in [-0.1, -0.05) is 67.4 Å². The lowest BCUT2D eigenvalue weighted by atomic mass is 9.93. The van der Waals surface area contributed by atoms with Crippen molar-refractivity contribution in [1.29, 1.82) is 0 Å². The van der Waals surface area contributed by atoms with Gasteiger partial charge in [0.1, 0.15) is 47.6 Å². The first-order valence-corrected chi connectivity index (χ1v) is 22.5. The second-order valence-electron chi connectivity index (χ2n) is 17.6. The van der Waals surface area contributed by atoms with Crippen LogP contribution in [-0.2, 0) is 41.6 Å². The molecule has 4 fully saturated rings. The van der Waals surface area contributed by atoms with E-state index in [1.807, 2.05) is 66.7 Å². The van der Waals surface area contributed by atoms with Crippen molar-refractivity contribution in [2.75, 3.05) is 19.6 Å². The molecule has 64 heavy (non-hydrogen) atoms. The highest BCUT2D eigenvalue weighted by atomic mass is 16.5. The third kappa shape index (κ3) is 8.53. The summed E-state index contributed by atoms with van der Waals surface area (Å²) in [5.74, 6) is -2.58. The number of hydrogen-bond acceptors (Lipinski definition) is 8. The summed E-state index contributed by atoms with van der Waals surface area (Å²) in [5, 5.41) is 13.8. The van der Waals surface area contributed by atoms with Crippen molar-refractivity contribution in [1.82, 2.24) is 41.0 Å². The van der Waals surface area contributed by atoms with Gasteiger partial charge in [-0.15, -0.1) is 0 Å². The van der Waals surface area contributed by atoms with Crippen LogP contribution in [0, 0.1) is 0 Å². The predicted molar refractivity (Wildman–Crippen MR) is 239 cm³/mol. The Bertz CT molecular complexity index is 2550. The van der Waals surface area contributed by atoms with E-state index in [-0.39, 0.29) is 45.3 Å². The second kappa shape index (κ2) is 18.2. The topological polar surface area (TPSA) is 224 Å². The number of carbonyl (C=O) groups excluding carboxylic acids is 6. The molecule has 0 bridgehead atoms. The van der Waals surface area contributed by atoms with Gasteiger partial charge in [-0.25, -0.2) is 0 Å². The standard InChI is InChI=1S/C48H55N9O7/c49-21-18-37-45(61)56-22-10-17-40(56)46(62)57-28-32(64-31-11-2-1-3-12-31)25-41(57)44(60)53-39(24-30-27-51-36-16-7-5-14-34(30)36)43(59)55-48(19-8-9-20-48)47(63)54-38(42(58)52-37)23-29-26-50-35-15-6-4-13-33(29)35/h1-7,11-16,26-27,32,37-41,50-51H,8-10,17-25,28,49H2,(H,52,58)(H,53,60)(H,54,63)(H,55,59)/t32-,37+,38+,39+,40-,41-/m1/s1. The molecule has 0 unspecified atom stereocenters. The number of H-pyrrole nitrogens is 2. The molecular formula is C48H55N9O7. The maximum absolute atomic E-state index is 14.9. The summed E-state index contributed by atoms with van der Waals surface area (Å²) in [6.07, 6.45) is 6.12. The fourth-order valence-electron chi connectivity index (χ4n) is 10.2. The average molecular weight is 870 g/mol. The van der Waals surface area contributed by atoms with E-state index in [2.05, 4.69) is 31.2 Å². The zero-order valence-corrected chi connectivity index (χ0v) is 35.6. The molecule has 3 aliphatic heterocycles. The number of ether oxygens (including phenoxy) is 1. The number of nitrogens with two attached hydrogens (primary N) is 1. The minimum Gasteiger partial charge on any atom is -0.488 e. The molecule has 8 N–H and O–H groups in total. The molecule has 6 atom stereocenters. The summed E-state index contributed by atoms with van der Waals surface area (Å²) in [5.41, 5.74) is 7.89. The van der Waals surface area contributed by atoms with Crippen molar-refractivity contribution in [2.24, 2.45) is 5.73 Å². The number of para-hydroxylation sites is 3. The SMILES string of the molecule is NCC[C@@H]1NC(=O)[C@H](Cc2c[nH]c3ccccc23)NC(=O)C2(CCCC2)NC(=O)[C@H](Cc2c[nH]c3ccccc23)NC(=O)[C@H]2C[C@@H](Oc3ccccc3)CN2C(=O)[C@H]2CCCN2C1=O. The number of hydrogen-bond donors (Lipinski definition) is 7. The molecule has 1 spiro atoms. The molecule has 1 aliphatic carbocycles. The fraction of sp³-hybridized carbons (Fsp3) is 0.417. The van der Waals surface area contributed by atoms with E-state index in [1.54, 1.807) is 24.5 Å². The first-order chi connectivity index (χ1) is 31.1. The summed E-state index contributed by atoms with van der Waals surface area (Å²) >= 11 is 0. The Hall–Kier alpha value is -6.68. The zero-order chi connectivity index (χ0) is 44.4. The predicted octanol–water partition coefficient (Wildman–Crippen LogP) is 2.72. The molecule has 9 rings (SSSR count). The number of aromatic amines is 2. The largest absolute Gasteiger partial charge is 0.488 e. The normalized spacial score (nSPS) is 25.7. The van der Waals surface area contributed by atoms with Gasteiger partial charge in [0.15, 0.2) is 0 Å². The number of fused-ring (bicyclic) bond motifs is 4. The van der Waals surface area contributed by atoms with E-state index in [1.165, 1.54) is 9.80 Å². The molecule has 3 aromatic carbocycles. The quantitative estimate of drug-likeness (QED) is 0.123. The van der Waals surface area contributed by atoms with Crippen LogP contribution in [0.2, 0.25) is 0 Å². The summed E-state index contributed by atoms with van der Waals surface area (Å²) in [4.78, 5) is 98.0. The Balaban J connectivity index is 1.10. The Kier molecular flexibility index (Phi) is 12.1. The Labute approximate surface area is 370 Å². The fourth-order valence-corrected chi connectivity index (χ4v) is 10.2. The zero-order valence-electron chi connectivity index (χ0n) is 35.6. The number of benzene rings is 3. The van der Waals surface area contributed by atoms with Crippen LogP contribution in [0.5, 0.6) is 5.75 Å². The van der Waals surface area contributed by atoms with Crippen molar-refractivity contribution in [3.8, 4) is 5.75 Å². The molecular weight excluding hydrogens is 815 g/mol. The Morgan fingerprint density at radius 2 is 1.25 bits per heavy atom. The third-order valence-electron chi connectivity index (χ3n) is 13.5. The van der Waals surface area contributed by atoms with Gasteiger partial charge in [0, 0.05) is 60.0 Å². The van der Waals surface area contributed by atoms with Crippen LogP contribution < -0.4 is 31.7 Å². The average Bonchev–Trinajstić information content (AvgIpc) is 4.17. The van der Waals surface area contributed by atoms with Crippen LogP contribution in [0.3, 0.4) is 0 Å². The van der Waals surface area contributed by atoms with Gasteiger partial charge in [0.2, 0.25) is 35.4 Å².